The summed E-state index contributed by atoms with van der Waals surface area (Å²) in [6.45, 7) is 4.66. The van der Waals surface area contributed by atoms with Gasteiger partial charge >= 0.3 is 0 Å². The zero-order chi connectivity index (χ0) is 35.5. The Kier molecular flexibility index (Phi) is 7.38. The molecule has 0 saturated heterocycles. The van der Waals surface area contributed by atoms with Gasteiger partial charge in [-0.25, -0.2) is 4.98 Å². The standard InChI is InChI=1S/C50H36N2S/c1-50(2)44-17-10-9-16-40(44)41-27-22-36(32-45(41)50)47-19-11-18-46(51-47)35-24-29-49-43(31-35)42-30-34(23-28-48(42)53-49)33-20-25-39(26-21-33)52(37-12-5-3-6-13-37)38-14-7-4-8-15-38/h3-32H,1-2H3. The number of benzene rings is 7. The van der Waals surface area contributed by atoms with E-state index in [0.29, 0.717) is 0 Å². The third-order valence-corrected chi connectivity index (χ3v) is 12.0. The van der Waals surface area contributed by atoms with Crippen LogP contribution in [0.15, 0.2) is 182 Å². The lowest BCUT2D eigenvalue weighted by Gasteiger charge is -2.25. The first-order valence-corrected chi connectivity index (χ1v) is 19.0. The van der Waals surface area contributed by atoms with Crippen LogP contribution in [0, 0.1) is 0 Å². The zero-order valence-electron chi connectivity index (χ0n) is 29.6. The van der Waals surface area contributed by atoms with Gasteiger partial charge in [0.15, 0.2) is 0 Å². The highest BCUT2D eigenvalue weighted by atomic mass is 32.1. The molecule has 0 aliphatic heterocycles. The van der Waals surface area contributed by atoms with Crippen LogP contribution in [0.2, 0.25) is 0 Å². The Labute approximate surface area is 314 Å². The Hall–Kier alpha value is -6.29. The highest BCUT2D eigenvalue weighted by Crippen LogP contribution is 2.49. The van der Waals surface area contributed by atoms with E-state index in [2.05, 4.69) is 201 Å². The minimum Gasteiger partial charge on any atom is -0.311 e. The molecule has 0 radical (unpaired) electrons. The van der Waals surface area contributed by atoms with Crippen molar-refractivity contribution in [3.8, 4) is 44.8 Å². The molecule has 0 N–H and O–H groups in total. The van der Waals surface area contributed by atoms with E-state index in [1.807, 2.05) is 11.3 Å². The average Bonchev–Trinajstić information content (AvgIpc) is 3.70. The van der Waals surface area contributed by atoms with Gasteiger partial charge in [-0.2, -0.15) is 0 Å². The number of aromatic nitrogens is 1. The van der Waals surface area contributed by atoms with Crippen molar-refractivity contribution in [3.63, 3.8) is 0 Å². The monoisotopic (exact) mass is 696 g/mol. The van der Waals surface area contributed by atoms with Crippen molar-refractivity contribution < 1.29 is 0 Å². The number of anilines is 3. The highest BCUT2D eigenvalue weighted by molar-refractivity contribution is 7.25. The van der Waals surface area contributed by atoms with E-state index >= 15 is 0 Å². The summed E-state index contributed by atoms with van der Waals surface area (Å²) in [4.78, 5) is 7.54. The van der Waals surface area contributed by atoms with Gasteiger partial charge in [-0.15, -0.1) is 11.3 Å². The number of pyridine rings is 1. The van der Waals surface area contributed by atoms with E-state index in [4.69, 9.17) is 4.98 Å². The van der Waals surface area contributed by atoms with Gasteiger partial charge in [-0.1, -0.05) is 117 Å². The number of hydrogen-bond donors (Lipinski definition) is 0. The SMILES string of the molecule is CC1(C)c2ccccc2-c2ccc(-c3cccc(-c4ccc5sc6ccc(-c7ccc(N(c8ccccc8)c8ccccc8)cc7)cc6c5c4)n3)cc21. The van der Waals surface area contributed by atoms with Crippen LogP contribution < -0.4 is 4.90 Å². The molecule has 2 nitrogen and oxygen atoms in total. The first-order chi connectivity index (χ1) is 26.0. The van der Waals surface area contributed by atoms with Crippen LogP contribution in [0.1, 0.15) is 25.0 Å². The maximum absolute atomic E-state index is 5.24. The van der Waals surface area contributed by atoms with E-state index in [0.717, 1.165) is 39.6 Å². The summed E-state index contributed by atoms with van der Waals surface area (Å²) < 4.78 is 2.58. The van der Waals surface area contributed by atoms with Crippen LogP contribution in [0.25, 0.3) is 64.9 Å². The molecule has 2 heterocycles. The molecule has 0 spiro atoms. The molecule has 7 aromatic carbocycles. The lowest BCUT2D eigenvalue weighted by Crippen LogP contribution is -2.14. The van der Waals surface area contributed by atoms with E-state index in [1.165, 1.54) is 53.6 Å². The van der Waals surface area contributed by atoms with Crippen LogP contribution in [0.5, 0.6) is 0 Å². The molecule has 0 atom stereocenters. The van der Waals surface area contributed by atoms with Crippen molar-refractivity contribution in [2.24, 2.45) is 0 Å². The average molecular weight is 697 g/mol. The van der Waals surface area contributed by atoms with Crippen molar-refractivity contribution >= 4 is 48.6 Å². The molecule has 10 rings (SSSR count). The Bertz CT molecular complexity index is 2760. The minimum atomic E-state index is -0.0455. The second kappa shape index (κ2) is 12.4. The van der Waals surface area contributed by atoms with E-state index in [1.54, 1.807) is 0 Å². The smallest absolute Gasteiger partial charge is 0.0709 e. The molecule has 53 heavy (non-hydrogen) atoms. The Morgan fingerprint density at radius 3 is 1.60 bits per heavy atom. The number of thiophene rings is 1. The molecule has 0 saturated carbocycles. The second-order valence-corrected chi connectivity index (χ2v) is 15.5. The van der Waals surface area contributed by atoms with Crippen LogP contribution in [-0.2, 0) is 5.41 Å². The van der Waals surface area contributed by atoms with Gasteiger partial charge in [-0.05, 0) is 112 Å². The molecular weight excluding hydrogens is 661 g/mol. The van der Waals surface area contributed by atoms with Crippen LogP contribution >= 0.6 is 11.3 Å². The predicted octanol–water partition coefficient (Wildman–Crippen LogP) is 14.2. The lowest BCUT2D eigenvalue weighted by atomic mass is 9.82. The summed E-state index contributed by atoms with van der Waals surface area (Å²) in [7, 11) is 0. The van der Waals surface area contributed by atoms with Gasteiger partial charge in [0.05, 0.1) is 11.4 Å². The normalized spacial score (nSPS) is 12.9. The van der Waals surface area contributed by atoms with Crippen molar-refractivity contribution in [2.75, 3.05) is 4.90 Å². The topological polar surface area (TPSA) is 16.1 Å². The molecular formula is C50H36N2S. The van der Waals surface area contributed by atoms with Gasteiger partial charge < -0.3 is 4.90 Å². The third kappa shape index (κ3) is 5.35. The first kappa shape index (κ1) is 31.4. The fourth-order valence-electron chi connectivity index (χ4n) is 8.14. The number of rotatable bonds is 6. The second-order valence-electron chi connectivity index (χ2n) is 14.4. The van der Waals surface area contributed by atoms with Gasteiger partial charge in [0.2, 0.25) is 0 Å². The molecule has 9 aromatic rings. The lowest BCUT2D eigenvalue weighted by molar-refractivity contribution is 0.660. The van der Waals surface area contributed by atoms with Crippen LogP contribution in [-0.4, -0.2) is 4.98 Å². The molecule has 0 bridgehead atoms. The molecule has 1 aliphatic carbocycles. The van der Waals surface area contributed by atoms with Crippen molar-refractivity contribution in [3.05, 3.63) is 193 Å². The summed E-state index contributed by atoms with van der Waals surface area (Å²) in [5, 5.41) is 2.55. The maximum atomic E-state index is 5.24. The molecule has 0 unspecified atom stereocenters. The van der Waals surface area contributed by atoms with Crippen molar-refractivity contribution in [1.29, 1.82) is 0 Å². The number of para-hydroxylation sites is 2. The molecule has 252 valence electrons. The maximum Gasteiger partial charge on any atom is 0.0709 e. The Balaban J connectivity index is 0.985. The predicted molar refractivity (Wildman–Crippen MR) is 226 cm³/mol. The highest BCUT2D eigenvalue weighted by Gasteiger charge is 2.35. The molecule has 3 heteroatoms. The first-order valence-electron chi connectivity index (χ1n) is 18.2. The minimum absolute atomic E-state index is 0.0455. The summed E-state index contributed by atoms with van der Waals surface area (Å²) >= 11 is 1.85. The van der Waals surface area contributed by atoms with Crippen molar-refractivity contribution in [1.82, 2.24) is 4.98 Å². The fraction of sp³-hybridized carbons (Fsp3) is 0.0600. The summed E-state index contributed by atoms with van der Waals surface area (Å²) in [6.07, 6.45) is 0. The van der Waals surface area contributed by atoms with Gasteiger partial charge in [0.1, 0.15) is 0 Å². The summed E-state index contributed by atoms with van der Waals surface area (Å²) in [5.41, 5.74) is 15.5. The number of fused-ring (bicyclic) bond motifs is 6. The quantitative estimate of drug-likeness (QED) is 0.172. The Morgan fingerprint density at radius 2 is 0.925 bits per heavy atom. The van der Waals surface area contributed by atoms with E-state index < -0.39 is 0 Å². The molecule has 0 fully saturated rings. The van der Waals surface area contributed by atoms with E-state index in [9.17, 15) is 0 Å². The number of nitrogens with zero attached hydrogens (tertiary/aromatic N) is 2. The largest absolute Gasteiger partial charge is 0.311 e. The van der Waals surface area contributed by atoms with Crippen molar-refractivity contribution in [2.45, 2.75) is 19.3 Å². The number of hydrogen-bond acceptors (Lipinski definition) is 3. The van der Waals surface area contributed by atoms with Gasteiger partial charge in [0, 0.05) is 53.8 Å². The molecule has 2 aromatic heterocycles. The zero-order valence-corrected chi connectivity index (χ0v) is 30.4. The van der Waals surface area contributed by atoms with Gasteiger partial charge in [-0.3, -0.25) is 0 Å². The fourth-order valence-corrected chi connectivity index (χ4v) is 9.21. The Morgan fingerprint density at radius 1 is 0.415 bits per heavy atom. The molecule has 0 amide bonds. The summed E-state index contributed by atoms with van der Waals surface area (Å²) in [5.74, 6) is 0. The van der Waals surface area contributed by atoms with Gasteiger partial charge in [0.25, 0.3) is 0 Å². The summed E-state index contributed by atoms with van der Waals surface area (Å²) in [6, 6.07) is 65.8. The molecule has 1 aliphatic rings. The third-order valence-electron chi connectivity index (χ3n) is 10.9. The van der Waals surface area contributed by atoms with E-state index in [-0.39, 0.29) is 5.41 Å². The van der Waals surface area contributed by atoms with Crippen LogP contribution in [0.3, 0.4) is 0 Å². The van der Waals surface area contributed by atoms with Crippen LogP contribution in [0.4, 0.5) is 17.1 Å².